The van der Waals surface area contributed by atoms with Gasteiger partial charge in [0.05, 0.1) is 24.2 Å². The van der Waals surface area contributed by atoms with Crippen molar-refractivity contribution in [2.24, 2.45) is 0 Å². The lowest BCUT2D eigenvalue weighted by Gasteiger charge is -2.12. The Morgan fingerprint density at radius 2 is 1.95 bits per heavy atom. The minimum Gasteiger partial charge on any atom is -0.496 e. The van der Waals surface area contributed by atoms with Crippen molar-refractivity contribution in [2.45, 2.75) is 32.2 Å². The first kappa shape index (κ1) is 15.5. The summed E-state index contributed by atoms with van der Waals surface area (Å²) in [6.07, 6.45) is 1.29. The summed E-state index contributed by atoms with van der Waals surface area (Å²) in [5.41, 5.74) is 2.05. The quantitative estimate of drug-likeness (QED) is 0.914. The SMILES string of the molecule is COc1cc(C)c(S(=O)(=O)NCc2ocnc2C)cc1C. The van der Waals surface area contributed by atoms with Gasteiger partial charge in [-0.15, -0.1) is 0 Å². The Morgan fingerprint density at radius 1 is 1.24 bits per heavy atom. The lowest BCUT2D eigenvalue weighted by molar-refractivity contribution is 0.411. The van der Waals surface area contributed by atoms with Crippen LogP contribution >= 0.6 is 0 Å². The lowest BCUT2D eigenvalue weighted by Crippen LogP contribution is -2.24. The summed E-state index contributed by atoms with van der Waals surface area (Å²) in [6.45, 7) is 5.36. The van der Waals surface area contributed by atoms with Crippen molar-refractivity contribution in [1.82, 2.24) is 9.71 Å². The van der Waals surface area contributed by atoms with E-state index in [1.165, 1.54) is 6.39 Å². The minimum atomic E-state index is -3.62. The average molecular weight is 310 g/mol. The number of aromatic nitrogens is 1. The van der Waals surface area contributed by atoms with E-state index in [9.17, 15) is 8.42 Å². The summed E-state index contributed by atoms with van der Waals surface area (Å²) < 4.78 is 37.6. The Bertz CT molecular complexity index is 750. The van der Waals surface area contributed by atoms with Gasteiger partial charge in [-0.25, -0.2) is 18.1 Å². The van der Waals surface area contributed by atoms with E-state index < -0.39 is 10.0 Å². The van der Waals surface area contributed by atoms with Crippen LogP contribution in [0.1, 0.15) is 22.6 Å². The first-order valence-corrected chi connectivity index (χ1v) is 7.87. The molecule has 0 saturated carbocycles. The Kier molecular flexibility index (Phi) is 4.34. The van der Waals surface area contributed by atoms with Gasteiger partial charge in [0.1, 0.15) is 11.5 Å². The second-order valence-electron chi connectivity index (χ2n) is 4.77. The van der Waals surface area contributed by atoms with Crippen LogP contribution in [0.15, 0.2) is 27.8 Å². The molecule has 0 unspecified atom stereocenters. The van der Waals surface area contributed by atoms with Gasteiger partial charge in [0.15, 0.2) is 6.39 Å². The number of rotatable bonds is 5. The van der Waals surface area contributed by atoms with Gasteiger partial charge in [0, 0.05) is 0 Å². The monoisotopic (exact) mass is 310 g/mol. The molecule has 0 aliphatic carbocycles. The van der Waals surface area contributed by atoms with Crippen LogP contribution in [0, 0.1) is 20.8 Å². The molecule has 0 fully saturated rings. The van der Waals surface area contributed by atoms with Crippen molar-refractivity contribution in [2.75, 3.05) is 7.11 Å². The molecule has 7 heteroatoms. The van der Waals surface area contributed by atoms with E-state index in [0.29, 0.717) is 22.8 Å². The van der Waals surface area contributed by atoms with E-state index in [0.717, 1.165) is 5.56 Å². The molecule has 0 aliphatic rings. The van der Waals surface area contributed by atoms with Gasteiger partial charge in [-0.1, -0.05) is 0 Å². The van der Waals surface area contributed by atoms with Crippen LogP contribution in [-0.2, 0) is 16.6 Å². The molecule has 1 aromatic carbocycles. The number of hydrogen-bond acceptors (Lipinski definition) is 5. The van der Waals surface area contributed by atoms with E-state index in [-0.39, 0.29) is 11.4 Å². The van der Waals surface area contributed by atoms with Gasteiger partial charge in [-0.2, -0.15) is 0 Å². The maximum atomic E-state index is 12.4. The largest absolute Gasteiger partial charge is 0.496 e. The van der Waals surface area contributed by atoms with Crippen LogP contribution in [-0.4, -0.2) is 20.5 Å². The molecule has 0 amide bonds. The fraction of sp³-hybridized carbons (Fsp3) is 0.357. The third-order valence-electron chi connectivity index (χ3n) is 3.25. The third-order valence-corrected chi connectivity index (χ3v) is 4.79. The van der Waals surface area contributed by atoms with Crippen molar-refractivity contribution < 1.29 is 17.6 Å². The topological polar surface area (TPSA) is 81.4 Å². The molecule has 6 nitrogen and oxygen atoms in total. The molecular formula is C14H18N2O4S. The molecule has 0 atom stereocenters. The first-order chi connectivity index (χ1) is 9.85. The summed E-state index contributed by atoms with van der Waals surface area (Å²) in [5.74, 6) is 1.17. The van der Waals surface area contributed by atoms with Gasteiger partial charge < -0.3 is 9.15 Å². The van der Waals surface area contributed by atoms with E-state index in [4.69, 9.17) is 9.15 Å². The zero-order chi connectivity index (χ0) is 15.6. The number of hydrogen-bond donors (Lipinski definition) is 1. The van der Waals surface area contributed by atoms with E-state index in [2.05, 4.69) is 9.71 Å². The fourth-order valence-corrected chi connectivity index (χ4v) is 3.30. The second kappa shape index (κ2) is 5.87. The molecule has 0 radical (unpaired) electrons. The number of nitrogens with one attached hydrogen (secondary N) is 1. The van der Waals surface area contributed by atoms with E-state index in [1.807, 2.05) is 0 Å². The van der Waals surface area contributed by atoms with Crippen LogP contribution < -0.4 is 9.46 Å². The van der Waals surface area contributed by atoms with E-state index in [1.54, 1.807) is 40.0 Å². The molecule has 114 valence electrons. The zero-order valence-corrected chi connectivity index (χ0v) is 13.2. The Morgan fingerprint density at radius 3 is 2.52 bits per heavy atom. The number of oxazole rings is 1. The summed E-state index contributed by atoms with van der Waals surface area (Å²) in [7, 11) is -2.07. The average Bonchev–Trinajstić information content (AvgIpc) is 2.84. The summed E-state index contributed by atoms with van der Waals surface area (Å²) in [5, 5.41) is 0. The highest BCUT2D eigenvalue weighted by Gasteiger charge is 2.19. The minimum absolute atomic E-state index is 0.0681. The molecule has 0 spiro atoms. The molecule has 0 saturated heterocycles. The fourth-order valence-electron chi connectivity index (χ4n) is 2.01. The van der Waals surface area contributed by atoms with Crippen molar-refractivity contribution in [3.8, 4) is 5.75 Å². The van der Waals surface area contributed by atoms with Gasteiger partial charge >= 0.3 is 0 Å². The summed E-state index contributed by atoms with van der Waals surface area (Å²) >= 11 is 0. The standard InChI is InChI=1S/C14H18N2O4S/c1-9-6-14(10(2)5-12(9)19-4)21(17,18)16-7-13-11(3)15-8-20-13/h5-6,8,16H,7H2,1-4H3. The maximum Gasteiger partial charge on any atom is 0.241 e. The molecule has 1 N–H and O–H groups in total. The predicted octanol–water partition coefficient (Wildman–Crippen LogP) is 2.09. The van der Waals surface area contributed by atoms with Crippen LogP contribution in [0.2, 0.25) is 0 Å². The van der Waals surface area contributed by atoms with Crippen LogP contribution in [0.3, 0.4) is 0 Å². The Hall–Kier alpha value is -1.86. The smallest absolute Gasteiger partial charge is 0.241 e. The van der Waals surface area contributed by atoms with Crippen LogP contribution in [0.4, 0.5) is 0 Å². The van der Waals surface area contributed by atoms with E-state index >= 15 is 0 Å². The molecule has 2 aromatic rings. The predicted molar refractivity (Wildman–Crippen MR) is 77.7 cm³/mol. The second-order valence-corrected chi connectivity index (χ2v) is 6.51. The van der Waals surface area contributed by atoms with Crippen LogP contribution in [0.5, 0.6) is 5.75 Å². The van der Waals surface area contributed by atoms with Gasteiger partial charge in [0.25, 0.3) is 0 Å². The van der Waals surface area contributed by atoms with Crippen molar-refractivity contribution in [3.05, 3.63) is 41.1 Å². The van der Waals surface area contributed by atoms with Crippen molar-refractivity contribution >= 4 is 10.0 Å². The highest BCUT2D eigenvalue weighted by Crippen LogP contribution is 2.25. The number of aryl methyl sites for hydroxylation is 3. The van der Waals surface area contributed by atoms with Crippen molar-refractivity contribution in [3.63, 3.8) is 0 Å². The summed E-state index contributed by atoms with van der Waals surface area (Å²) in [4.78, 5) is 4.16. The Balaban J connectivity index is 2.27. The van der Waals surface area contributed by atoms with Crippen molar-refractivity contribution in [1.29, 1.82) is 0 Å². The first-order valence-electron chi connectivity index (χ1n) is 6.39. The zero-order valence-electron chi connectivity index (χ0n) is 12.4. The highest BCUT2D eigenvalue weighted by molar-refractivity contribution is 7.89. The number of sulfonamides is 1. The number of ether oxygens (including phenoxy) is 1. The number of benzene rings is 1. The molecule has 21 heavy (non-hydrogen) atoms. The molecule has 2 rings (SSSR count). The number of nitrogens with zero attached hydrogens (tertiary/aromatic N) is 1. The van der Waals surface area contributed by atoms with Crippen LogP contribution in [0.25, 0.3) is 0 Å². The third kappa shape index (κ3) is 3.25. The van der Waals surface area contributed by atoms with Gasteiger partial charge in [-0.05, 0) is 44.0 Å². The molecule has 0 aliphatic heterocycles. The lowest BCUT2D eigenvalue weighted by atomic mass is 10.1. The maximum absolute atomic E-state index is 12.4. The molecule has 1 heterocycles. The van der Waals surface area contributed by atoms with Gasteiger partial charge in [-0.3, -0.25) is 0 Å². The van der Waals surface area contributed by atoms with Gasteiger partial charge in [0.2, 0.25) is 10.0 Å². The number of methoxy groups -OCH3 is 1. The highest BCUT2D eigenvalue weighted by atomic mass is 32.2. The normalized spacial score (nSPS) is 11.6. The summed E-state index contributed by atoms with van der Waals surface area (Å²) in [6, 6.07) is 3.31. The molecule has 0 bridgehead atoms. The molecule has 1 aromatic heterocycles. The molecular weight excluding hydrogens is 292 g/mol. The Labute approximate surface area is 124 Å².